The van der Waals surface area contributed by atoms with E-state index in [1.807, 2.05) is 25.1 Å². The van der Waals surface area contributed by atoms with Crippen molar-refractivity contribution in [1.82, 2.24) is 10.3 Å². The third-order valence-corrected chi connectivity index (χ3v) is 4.50. The molecule has 0 fully saturated rings. The number of nitrogens with zero attached hydrogens (tertiary/aromatic N) is 1. The summed E-state index contributed by atoms with van der Waals surface area (Å²) in [6.45, 7) is 4.89. The number of thiazole rings is 1. The smallest absolute Gasteiger partial charge is 0.125 e. The number of rotatable bonds is 5. The summed E-state index contributed by atoms with van der Waals surface area (Å²) in [7, 11) is 0. The molecule has 3 rings (SSSR count). The lowest BCUT2D eigenvalue weighted by molar-refractivity contribution is 0.446. The Morgan fingerprint density at radius 3 is 2.57 bits per heavy atom. The molecule has 0 aliphatic carbocycles. The molecule has 0 saturated heterocycles. The van der Waals surface area contributed by atoms with Gasteiger partial charge in [0.2, 0.25) is 0 Å². The molecule has 3 aromatic rings. The van der Waals surface area contributed by atoms with Crippen molar-refractivity contribution in [3.05, 3.63) is 75.6 Å². The van der Waals surface area contributed by atoms with Gasteiger partial charge in [0.1, 0.15) is 5.76 Å². The first kappa shape index (κ1) is 14.0. The maximum atomic E-state index is 5.60. The summed E-state index contributed by atoms with van der Waals surface area (Å²) >= 11 is 1.74. The second kappa shape index (κ2) is 6.24. The minimum atomic E-state index is 0.0583. The SMILES string of the molecule is Cc1nc(C)c(CNC(c2ccccc2)c2ccco2)s1. The maximum Gasteiger partial charge on any atom is 0.125 e. The van der Waals surface area contributed by atoms with Gasteiger partial charge in [-0.2, -0.15) is 0 Å². The van der Waals surface area contributed by atoms with E-state index in [2.05, 4.69) is 41.5 Å². The van der Waals surface area contributed by atoms with Crippen molar-refractivity contribution in [1.29, 1.82) is 0 Å². The van der Waals surface area contributed by atoms with Crippen LogP contribution in [-0.4, -0.2) is 4.98 Å². The molecule has 0 spiro atoms. The fraction of sp³-hybridized carbons (Fsp3) is 0.235. The Bertz CT molecular complexity index is 689. The average Bonchev–Trinajstić information content (AvgIpc) is 3.11. The van der Waals surface area contributed by atoms with E-state index in [-0.39, 0.29) is 6.04 Å². The van der Waals surface area contributed by atoms with Crippen LogP contribution >= 0.6 is 11.3 Å². The number of benzene rings is 1. The molecule has 4 heteroatoms. The van der Waals surface area contributed by atoms with E-state index in [0.29, 0.717) is 0 Å². The topological polar surface area (TPSA) is 38.1 Å². The molecular formula is C17H18N2OS. The van der Waals surface area contributed by atoms with Crippen molar-refractivity contribution in [2.24, 2.45) is 0 Å². The largest absolute Gasteiger partial charge is 0.467 e. The lowest BCUT2D eigenvalue weighted by atomic mass is 10.0. The monoisotopic (exact) mass is 298 g/mol. The van der Waals surface area contributed by atoms with Gasteiger partial charge in [-0.1, -0.05) is 30.3 Å². The minimum Gasteiger partial charge on any atom is -0.467 e. The average molecular weight is 298 g/mol. The van der Waals surface area contributed by atoms with Gasteiger partial charge < -0.3 is 4.42 Å². The molecule has 2 heterocycles. The highest BCUT2D eigenvalue weighted by Crippen LogP contribution is 2.24. The summed E-state index contributed by atoms with van der Waals surface area (Å²) in [6.07, 6.45) is 1.72. The number of aryl methyl sites for hydroxylation is 2. The summed E-state index contributed by atoms with van der Waals surface area (Å²) in [4.78, 5) is 5.76. The summed E-state index contributed by atoms with van der Waals surface area (Å²) in [5, 5.41) is 4.70. The maximum absolute atomic E-state index is 5.60. The molecule has 0 aliphatic rings. The summed E-state index contributed by atoms with van der Waals surface area (Å²) < 4.78 is 5.60. The fourth-order valence-electron chi connectivity index (χ4n) is 2.42. The number of hydrogen-bond donors (Lipinski definition) is 1. The highest BCUT2D eigenvalue weighted by Gasteiger charge is 2.17. The van der Waals surface area contributed by atoms with Gasteiger partial charge in [0.15, 0.2) is 0 Å². The van der Waals surface area contributed by atoms with Crippen LogP contribution < -0.4 is 5.32 Å². The lowest BCUT2D eigenvalue weighted by Gasteiger charge is -2.16. The van der Waals surface area contributed by atoms with E-state index in [1.165, 1.54) is 10.4 Å². The van der Waals surface area contributed by atoms with Crippen LogP contribution in [0.25, 0.3) is 0 Å². The number of hydrogen-bond acceptors (Lipinski definition) is 4. The summed E-state index contributed by atoms with van der Waals surface area (Å²) in [5.41, 5.74) is 2.31. The minimum absolute atomic E-state index is 0.0583. The highest BCUT2D eigenvalue weighted by molar-refractivity contribution is 7.11. The highest BCUT2D eigenvalue weighted by atomic mass is 32.1. The molecule has 0 radical (unpaired) electrons. The first-order chi connectivity index (χ1) is 10.2. The van der Waals surface area contributed by atoms with Gasteiger partial charge in [-0.05, 0) is 31.5 Å². The normalized spacial score (nSPS) is 12.5. The van der Waals surface area contributed by atoms with E-state index >= 15 is 0 Å². The Hall–Kier alpha value is -1.91. The van der Waals surface area contributed by atoms with Gasteiger partial charge in [0.25, 0.3) is 0 Å². The molecule has 108 valence electrons. The van der Waals surface area contributed by atoms with Crippen LogP contribution in [0.1, 0.15) is 32.9 Å². The zero-order valence-corrected chi connectivity index (χ0v) is 13.0. The van der Waals surface area contributed by atoms with E-state index in [9.17, 15) is 0 Å². The van der Waals surface area contributed by atoms with Crippen LogP contribution in [-0.2, 0) is 6.54 Å². The molecular weight excluding hydrogens is 280 g/mol. The number of aromatic nitrogens is 1. The third-order valence-electron chi connectivity index (χ3n) is 3.43. The molecule has 1 N–H and O–H groups in total. The molecule has 2 aromatic heterocycles. The Morgan fingerprint density at radius 1 is 1.14 bits per heavy atom. The van der Waals surface area contributed by atoms with Gasteiger partial charge in [-0.25, -0.2) is 4.98 Å². The Kier molecular flexibility index (Phi) is 4.18. The zero-order chi connectivity index (χ0) is 14.7. The molecule has 1 aromatic carbocycles. The first-order valence-electron chi connectivity index (χ1n) is 6.98. The summed E-state index contributed by atoms with van der Waals surface area (Å²) in [6, 6.07) is 14.4. The van der Waals surface area contributed by atoms with E-state index in [0.717, 1.165) is 23.0 Å². The first-order valence-corrected chi connectivity index (χ1v) is 7.80. The van der Waals surface area contributed by atoms with Crippen molar-refractivity contribution in [2.45, 2.75) is 26.4 Å². The van der Waals surface area contributed by atoms with Crippen LogP contribution in [0.15, 0.2) is 53.1 Å². The molecule has 1 unspecified atom stereocenters. The van der Waals surface area contributed by atoms with Gasteiger partial charge in [-0.3, -0.25) is 5.32 Å². The van der Waals surface area contributed by atoms with Crippen LogP contribution in [0.3, 0.4) is 0 Å². The quantitative estimate of drug-likeness (QED) is 0.766. The van der Waals surface area contributed by atoms with Crippen LogP contribution in [0.5, 0.6) is 0 Å². The summed E-state index contributed by atoms with van der Waals surface area (Å²) in [5.74, 6) is 0.931. The van der Waals surface area contributed by atoms with Crippen molar-refractivity contribution in [2.75, 3.05) is 0 Å². The van der Waals surface area contributed by atoms with Gasteiger partial charge in [-0.15, -0.1) is 11.3 Å². The van der Waals surface area contributed by atoms with Crippen molar-refractivity contribution < 1.29 is 4.42 Å². The Balaban J connectivity index is 1.82. The van der Waals surface area contributed by atoms with Crippen molar-refractivity contribution in [3.63, 3.8) is 0 Å². The molecule has 21 heavy (non-hydrogen) atoms. The molecule has 3 nitrogen and oxygen atoms in total. The van der Waals surface area contributed by atoms with E-state index < -0.39 is 0 Å². The van der Waals surface area contributed by atoms with Gasteiger partial charge in [0.05, 0.1) is 23.0 Å². The lowest BCUT2D eigenvalue weighted by Crippen LogP contribution is -2.21. The molecule has 0 bridgehead atoms. The van der Waals surface area contributed by atoms with E-state index in [4.69, 9.17) is 4.42 Å². The molecule has 0 saturated carbocycles. The van der Waals surface area contributed by atoms with Crippen LogP contribution in [0.2, 0.25) is 0 Å². The molecule has 0 aliphatic heterocycles. The molecule has 1 atom stereocenters. The second-order valence-electron chi connectivity index (χ2n) is 4.98. The zero-order valence-electron chi connectivity index (χ0n) is 12.2. The molecule has 0 amide bonds. The van der Waals surface area contributed by atoms with Crippen LogP contribution in [0, 0.1) is 13.8 Å². The number of nitrogens with one attached hydrogen (secondary N) is 1. The standard InChI is InChI=1S/C17H18N2OS/c1-12-16(21-13(2)19-12)11-18-17(15-9-6-10-20-15)14-7-4-3-5-8-14/h3-10,17-18H,11H2,1-2H3. The predicted octanol–water partition coefficient (Wildman–Crippen LogP) is 4.23. The van der Waals surface area contributed by atoms with Gasteiger partial charge >= 0.3 is 0 Å². The van der Waals surface area contributed by atoms with Crippen molar-refractivity contribution in [3.8, 4) is 0 Å². The van der Waals surface area contributed by atoms with Crippen LogP contribution in [0.4, 0.5) is 0 Å². The third kappa shape index (κ3) is 3.23. The van der Waals surface area contributed by atoms with E-state index in [1.54, 1.807) is 17.6 Å². The Labute approximate surface area is 128 Å². The predicted molar refractivity (Wildman–Crippen MR) is 85.4 cm³/mol. The van der Waals surface area contributed by atoms with Gasteiger partial charge in [0, 0.05) is 11.4 Å². The van der Waals surface area contributed by atoms with Crippen molar-refractivity contribution >= 4 is 11.3 Å². The second-order valence-corrected chi connectivity index (χ2v) is 6.27. The Morgan fingerprint density at radius 2 is 1.95 bits per heavy atom. The fourth-order valence-corrected chi connectivity index (χ4v) is 3.30. The number of furan rings is 1.